The molecule has 0 aromatic carbocycles. The number of nitrogen functional groups attached to an aromatic ring is 2. The first kappa shape index (κ1) is 21.5. The van der Waals surface area contributed by atoms with Crippen molar-refractivity contribution in [2.24, 2.45) is 0 Å². The molecule has 0 bridgehead atoms. The average Bonchev–Trinajstić information content (AvgIpc) is 2.74. The second-order valence-corrected chi connectivity index (χ2v) is 9.48. The van der Waals surface area contributed by atoms with Gasteiger partial charge in [-0.05, 0) is 12.8 Å². The molecule has 0 radical (unpaired) electrons. The first-order valence-electron chi connectivity index (χ1n) is 10.0. The number of hydrogen-bond donors (Lipinski definition) is 2. The molecule has 12 nitrogen and oxygen atoms in total. The monoisotopic (exact) mass is 450 g/mol. The van der Waals surface area contributed by atoms with Gasteiger partial charge in [-0.1, -0.05) is 0 Å². The van der Waals surface area contributed by atoms with Gasteiger partial charge in [0.15, 0.2) is 0 Å². The van der Waals surface area contributed by atoms with Gasteiger partial charge in [0.1, 0.15) is 11.9 Å². The van der Waals surface area contributed by atoms with Crippen molar-refractivity contribution in [3.63, 3.8) is 0 Å². The van der Waals surface area contributed by atoms with Crippen molar-refractivity contribution in [2.45, 2.75) is 18.9 Å². The van der Waals surface area contributed by atoms with E-state index in [2.05, 4.69) is 19.9 Å². The molecule has 0 spiro atoms. The Kier molecular flexibility index (Phi) is 6.07. The third-order valence-electron chi connectivity index (χ3n) is 5.25. The highest BCUT2D eigenvalue weighted by molar-refractivity contribution is 7.88. The van der Waals surface area contributed by atoms with E-state index in [1.54, 1.807) is 6.07 Å². The van der Waals surface area contributed by atoms with Gasteiger partial charge in [0.05, 0.1) is 30.7 Å². The summed E-state index contributed by atoms with van der Waals surface area (Å²) in [6.45, 7) is 3.31. The van der Waals surface area contributed by atoms with Gasteiger partial charge in [-0.15, -0.1) is 0 Å². The van der Waals surface area contributed by atoms with Crippen LogP contribution in [0, 0.1) is 0 Å². The van der Waals surface area contributed by atoms with Crippen LogP contribution in [-0.4, -0.2) is 84.4 Å². The highest BCUT2D eigenvalue weighted by atomic mass is 32.2. The van der Waals surface area contributed by atoms with Crippen LogP contribution in [0.1, 0.15) is 12.8 Å². The van der Waals surface area contributed by atoms with E-state index in [0.717, 1.165) is 0 Å². The van der Waals surface area contributed by atoms with E-state index in [4.69, 9.17) is 20.9 Å². The number of sulfonamides is 1. The van der Waals surface area contributed by atoms with Crippen LogP contribution in [-0.2, 0) is 14.8 Å². The number of morpholine rings is 1. The normalized spacial score (nSPS) is 18.8. The third kappa shape index (κ3) is 5.11. The minimum absolute atomic E-state index is 0.0813. The predicted molar refractivity (Wildman–Crippen MR) is 115 cm³/mol. The standard InChI is InChI=1S/C18H26N8O4S/c1-31(27,28)26-4-2-12(3-5-26)30-15-10-14(13-11-21-17(20)24-16(13)19)22-18(23-15)25-6-8-29-9-7-25/h10-12H,2-9H2,1H3,(H4,19,20,21,24). The number of nitrogens with two attached hydrogens (primary N) is 2. The van der Waals surface area contributed by atoms with E-state index >= 15 is 0 Å². The van der Waals surface area contributed by atoms with Crippen LogP contribution >= 0.6 is 0 Å². The van der Waals surface area contributed by atoms with E-state index < -0.39 is 10.0 Å². The molecule has 13 heteroatoms. The third-order valence-corrected chi connectivity index (χ3v) is 6.56. The lowest BCUT2D eigenvalue weighted by molar-refractivity contribution is 0.120. The Bertz CT molecular complexity index is 1040. The Morgan fingerprint density at radius 2 is 1.81 bits per heavy atom. The highest BCUT2D eigenvalue weighted by Gasteiger charge is 2.27. The minimum Gasteiger partial charge on any atom is -0.474 e. The molecule has 0 aliphatic carbocycles. The molecular weight excluding hydrogens is 424 g/mol. The lowest BCUT2D eigenvalue weighted by Crippen LogP contribution is -2.41. The van der Waals surface area contributed by atoms with Crippen LogP contribution in [0.2, 0.25) is 0 Å². The number of ether oxygens (including phenoxy) is 2. The summed E-state index contributed by atoms with van der Waals surface area (Å²) < 4.78 is 36.5. The summed E-state index contributed by atoms with van der Waals surface area (Å²) in [6.07, 6.45) is 3.74. The molecule has 2 fully saturated rings. The summed E-state index contributed by atoms with van der Waals surface area (Å²) in [4.78, 5) is 19.3. The number of anilines is 3. The fraction of sp³-hybridized carbons (Fsp3) is 0.556. The van der Waals surface area contributed by atoms with E-state index in [9.17, 15) is 8.42 Å². The zero-order valence-corrected chi connectivity index (χ0v) is 18.1. The molecule has 0 unspecified atom stereocenters. The van der Waals surface area contributed by atoms with Crippen molar-refractivity contribution in [3.8, 4) is 17.1 Å². The van der Waals surface area contributed by atoms with E-state index in [1.165, 1.54) is 16.8 Å². The van der Waals surface area contributed by atoms with Crippen LogP contribution < -0.4 is 21.1 Å². The molecule has 0 atom stereocenters. The lowest BCUT2D eigenvalue weighted by Gasteiger charge is -2.31. The Morgan fingerprint density at radius 3 is 2.45 bits per heavy atom. The molecule has 168 valence electrons. The van der Waals surface area contributed by atoms with E-state index in [-0.39, 0.29) is 17.9 Å². The number of nitrogens with zero attached hydrogens (tertiary/aromatic N) is 6. The van der Waals surface area contributed by atoms with Gasteiger partial charge >= 0.3 is 0 Å². The Hall–Kier alpha value is -2.77. The summed E-state index contributed by atoms with van der Waals surface area (Å²) in [6, 6.07) is 1.69. The van der Waals surface area contributed by atoms with Gasteiger partial charge in [0, 0.05) is 38.4 Å². The van der Waals surface area contributed by atoms with Gasteiger partial charge < -0.3 is 25.8 Å². The average molecular weight is 451 g/mol. The van der Waals surface area contributed by atoms with Gasteiger partial charge in [-0.3, -0.25) is 0 Å². The fourth-order valence-corrected chi connectivity index (χ4v) is 4.45. The van der Waals surface area contributed by atoms with Crippen LogP contribution in [0.15, 0.2) is 12.3 Å². The molecule has 2 aliphatic rings. The lowest BCUT2D eigenvalue weighted by atomic mass is 10.1. The zero-order chi connectivity index (χ0) is 22.0. The molecule has 4 heterocycles. The van der Waals surface area contributed by atoms with Crippen LogP contribution in [0.4, 0.5) is 17.7 Å². The number of rotatable bonds is 5. The smallest absolute Gasteiger partial charge is 0.229 e. The topological polar surface area (TPSA) is 163 Å². The molecule has 0 saturated carbocycles. The largest absolute Gasteiger partial charge is 0.474 e. The van der Waals surface area contributed by atoms with Crippen LogP contribution in [0.25, 0.3) is 11.3 Å². The van der Waals surface area contributed by atoms with Gasteiger partial charge in [0.25, 0.3) is 0 Å². The highest BCUT2D eigenvalue weighted by Crippen LogP contribution is 2.29. The maximum atomic E-state index is 11.7. The van der Waals surface area contributed by atoms with Crippen molar-refractivity contribution >= 4 is 27.7 Å². The summed E-state index contributed by atoms with van der Waals surface area (Å²) in [7, 11) is -3.20. The summed E-state index contributed by atoms with van der Waals surface area (Å²) in [5, 5.41) is 0. The first-order valence-corrected chi connectivity index (χ1v) is 11.9. The molecule has 4 rings (SSSR count). The van der Waals surface area contributed by atoms with Crippen LogP contribution in [0.3, 0.4) is 0 Å². The maximum absolute atomic E-state index is 11.7. The van der Waals surface area contributed by atoms with Crippen molar-refractivity contribution in [1.29, 1.82) is 0 Å². The first-order chi connectivity index (χ1) is 14.8. The number of aromatic nitrogens is 4. The molecule has 2 aromatic rings. The molecule has 2 saturated heterocycles. The number of hydrogen-bond acceptors (Lipinski definition) is 11. The van der Waals surface area contributed by atoms with Crippen molar-refractivity contribution < 1.29 is 17.9 Å². The molecular formula is C18H26N8O4S. The Balaban J connectivity index is 1.60. The summed E-state index contributed by atoms with van der Waals surface area (Å²) in [5.74, 6) is 1.19. The Labute approximate surface area is 180 Å². The molecule has 31 heavy (non-hydrogen) atoms. The van der Waals surface area contributed by atoms with Crippen molar-refractivity contribution in [2.75, 3.05) is 62.0 Å². The molecule has 2 aliphatic heterocycles. The summed E-state index contributed by atoms with van der Waals surface area (Å²) >= 11 is 0. The van der Waals surface area contributed by atoms with Gasteiger partial charge in [-0.2, -0.15) is 9.97 Å². The fourth-order valence-electron chi connectivity index (χ4n) is 3.57. The molecule has 2 aromatic heterocycles. The predicted octanol–water partition coefficient (Wildman–Crippen LogP) is -0.263. The van der Waals surface area contributed by atoms with Gasteiger partial charge in [0.2, 0.25) is 27.8 Å². The molecule has 0 amide bonds. The molecule has 4 N–H and O–H groups in total. The quantitative estimate of drug-likeness (QED) is 0.617. The number of piperidine rings is 1. The second-order valence-electron chi connectivity index (χ2n) is 7.50. The van der Waals surface area contributed by atoms with Crippen LogP contribution in [0.5, 0.6) is 5.88 Å². The zero-order valence-electron chi connectivity index (χ0n) is 17.3. The SMILES string of the molecule is CS(=O)(=O)N1CCC(Oc2cc(-c3cnc(N)nc3N)nc(N3CCOCC3)n2)CC1. The van der Waals surface area contributed by atoms with Gasteiger partial charge in [-0.25, -0.2) is 22.7 Å². The minimum atomic E-state index is -3.20. The van der Waals surface area contributed by atoms with Crippen molar-refractivity contribution in [1.82, 2.24) is 24.2 Å². The second kappa shape index (κ2) is 8.77. The van der Waals surface area contributed by atoms with Crippen molar-refractivity contribution in [3.05, 3.63) is 12.3 Å². The summed E-state index contributed by atoms with van der Waals surface area (Å²) in [5.41, 5.74) is 12.7. The van der Waals surface area contributed by atoms with E-state index in [1.807, 2.05) is 4.90 Å². The maximum Gasteiger partial charge on any atom is 0.229 e. The van der Waals surface area contributed by atoms with E-state index in [0.29, 0.717) is 75.3 Å². The Morgan fingerprint density at radius 1 is 1.10 bits per heavy atom.